The number of carbonyl (C=O) groups excluding carboxylic acids is 1. The summed E-state index contributed by atoms with van der Waals surface area (Å²) in [6.07, 6.45) is 0. The summed E-state index contributed by atoms with van der Waals surface area (Å²) in [5.74, 6) is -1.02. The van der Waals surface area contributed by atoms with E-state index in [2.05, 4.69) is 21.2 Å². The first-order valence-corrected chi connectivity index (χ1v) is 6.61. The normalized spacial score (nSPS) is 11.4. The fourth-order valence-corrected chi connectivity index (χ4v) is 1.93. The number of carbonyl (C=O) groups is 1. The highest BCUT2D eigenvalue weighted by molar-refractivity contribution is 9.10. The third-order valence-corrected chi connectivity index (χ3v) is 3.36. The van der Waals surface area contributed by atoms with Gasteiger partial charge in [-0.1, -0.05) is 30.3 Å². The van der Waals surface area contributed by atoms with E-state index in [9.17, 15) is 9.18 Å². The van der Waals surface area contributed by atoms with Crippen molar-refractivity contribution in [3.63, 3.8) is 0 Å². The molecule has 0 heterocycles. The zero-order valence-corrected chi connectivity index (χ0v) is 11.9. The predicted molar refractivity (Wildman–Crippen MR) is 76.4 cm³/mol. The Morgan fingerprint density at radius 2 is 1.95 bits per heavy atom. The molecule has 3 nitrogen and oxygen atoms in total. The maximum Gasteiger partial charge on any atom is 0.252 e. The SMILES string of the molecule is N#CC(NC(=O)c1ccc(Br)c(F)c1)c1ccccc1. The molecule has 2 rings (SSSR count). The van der Waals surface area contributed by atoms with E-state index in [-0.39, 0.29) is 10.0 Å². The highest BCUT2D eigenvalue weighted by Gasteiger charge is 2.15. The Balaban J connectivity index is 2.18. The van der Waals surface area contributed by atoms with Crippen LogP contribution >= 0.6 is 15.9 Å². The summed E-state index contributed by atoms with van der Waals surface area (Å²) in [5, 5.41) is 11.7. The number of rotatable bonds is 3. The van der Waals surface area contributed by atoms with Gasteiger partial charge in [-0.25, -0.2) is 4.39 Å². The van der Waals surface area contributed by atoms with Gasteiger partial charge in [-0.05, 0) is 39.7 Å². The Labute approximate surface area is 124 Å². The molecule has 0 aliphatic heterocycles. The van der Waals surface area contributed by atoms with Crippen LogP contribution in [0.1, 0.15) is 22.0 Å². The van der Waals surface area contributed by atoms with Crippen molar-refractivity contribution in [1.82, 2.24) is 5.32 Å². The zero-order chi connectivity index (χ0) is 14.5. The van der Waals surface area contributed by atoms with E-state index < -0.39 is 17.8 Å². The van der Waals surface area contributed by atoms with Gasteiger partial charge >= 0.3 is 0 Å². The first kappa shape index (κ1) is 14.2. The largest absolute Gasteiger partial charge is 0.332 e. The van der Waals surface area contributed by atoms with Crippen molar-refractivity contribution in [2.45, 2.75) is 6.04 Å². The van der Waals surface area contributed by atoms with Crippen LogP contribution in [0.4, 0.5) is 4.39 Å². The van der Waals surface area contributed by atoms with Crippen molar-refractivity contribution >= 4 is 21.8 Å². The fourth-order valence-electron chi connectivity index (χ4n) is 1.69. The molecular weight excluding hydrogens is 323 g/mol. The molecule has 100 valence electrons. The van der Waals surface area contributed by atoms with Crippen LogP contribution in [0.15, 0.2) is 53.0 Å². The molecule has 0 aromatic heterocycles. The molecular formula is C15H10BrFN2O. The average Bonchev–Trinajstić information content (AvgIpc) is 2.48. The minimum absolute atomic E-state index is 0.168. The number of nitrogens with zero attached hydrogens (tertiary/aromatic N) is 1. The Hall–Kier alpha value is -2.19. The van der Waals surface area contributed by atoms with E-state index in [4.69, 9.17) is 5.26 Å². The molecule has 1 amide bonds. The minimum Gasteiger partial charge on any atom is -0.332 e. The number of nitrogens with one attached hydrogen (secondary N) is 1. The molecule has 0 radical (unpaired) electrons. The second-order valence-electron chi connectivity index (χ2n) is 4.08. The first-order valence-electron chi connectivity index (χ1n) is 5.82. The summed E-state index contributed by atoms with van der Waals surface area (Å²) in [6.45, 7) is 0. The van der Waals surface area contributed by atoms with Gasteiger partial charge in [-0.3, -0.25) is 4.79 Å². The average molecular weight is 333 g/mol. The standard InChI is InChI=1S/C15H10BrFN2O/c16-12-7-6-11(8-13(12)17)15(20)19-14(9-18)10-4-2-1-3-5-10/h1-8,14H,(H,19,20). The molecule has 0 fully saturated rings. The number of amides is 1. The Bertz CT molecular complexity index is 667. The minimum atomic E-state index is -0.768. The van der Waals surface area contributed by atoms with Gasteiger partial charge in [0.05, 0.1) is 10.5 Å². The van der Waals surface area contributed by atoms with Crippen LogP contribution in [0, 0.1) is 17.1 Å². The molecule has 0 bridgehead atoms. The molecule has 0 aliphatic carbocycles. The maximum atomic E-state index is 13.4. The number of benzene rings is 2. The topological polar surface area (TPSA) is 52.9 Å². The van der Waals surface area contributed by atoms with Crippen molar-refractivity contribution in [1.29, 1.82) is 5.26 Å². The van der Waals surface area contributed by atoms with Crippen LogP contribution in [0.5, 0.6) is 0 Å². The quantitative estimate of drug-likeness (QED) is 0.933. The Morgan fingerprint density at radius 3 is 2.55 bits per heavy atom. The van der Waals surface area contributed by atoms with Crippen molar-refractivity contribution in [2.24, 2.45) is 0 Å². The van der Waals surface area contributed by atoms with Crippen LogP contribution in [0.3, 0.4) is 0 Å². The number of hydrogen-bond acceptors (Lipinski definition) is 2. The lowest BCUT2D eigenvalue weighted by Gasteiger charge is -2.12. The summed E-state index contributed by atoms with van der Waals surface area (Å²) in [5.41, 5.74) is 0.850. The van der Waals surface area contributed by atoms with Gasteiger partial charge in [-0.15, -0.1) is 0 Å². The highest BCUT2D eigenvalue weighted by Crippen LogP contribution is 2.17. The molecule has 0 saturated carbocycles. The van der Waals surface area contributed by atoms with Gasteiger partial charge in [0.15, 0.2) is 0 Å². The monoisotopic (exact) mass is 332 g/mol. The summed E-state index contributed by atoms with van der Waals surface area (Å²) in [6, 6.07) is 14.2. The van der Waals surface area contributed by atoms with Crippen LogP contribution in [-0.4, -0.2) is 5.91 Å². The predicted octanol–water partition coefficient (Wildman–Crippen LogP) is 3.58. The van der Waals surface area contributed by atoms with Crippen LogP contribution in [-0.2, 0) is 0 Å². The van der Waals surface area contributed by atoms with Crippen molar-refractivity contribution in [3.05, 3.63) is 69.9 Å². The first-order chi connectivity index (χ1) is 9.61. The second-order valence-corrected chi connectivity index (χ2v) is 4.93. The smallest absolute Gasteiger partial charge is 0.252 e. The fraction of sp³-hybridized carbons (Fsp3) is 0.0667. The molecule has 0 aliphatic rings. The van der Waals surface area contributed by atoms with Crippen LogP contribution in [0.2, 0.25) is 0 Å². The highest BCUT2D eigenvalue weighted by atomic mass is 79.9. The molecule has 2 aromatic carbocycles. The van der Waals surface area contributed by atoms with E-state index >= 15 is 0 Å². The number of hydrogen-bond donors (Lipinski definition) is 1. The molecule has 20 heavy (non-hydrogen) atoms. The third kappa shape index (κ3) is 3.22. The van der Waals surface area contributed by atoms with E-state index in [1.807, 2.05) is 12.1 Å². The molecule has 0 spiro atoms. The Morgan fingerprint density at radius 1 is 1.25 bits per heavy atom. The molecule has 5 heteroatoms. The van der Waals surface area contributed by atoms with Crippen molar-refractivity contribution < 1.29 is 9.18 Å². The Kier molecular flexibility index (Phi) is 4.49. The summed E-state index contributed by atoms with van der Waals surface area (Å²) in [7, 11) is 0. The number of nitriles is 1. The van der Waals surface area contributed by atoms with E-state index in [1.165, 1.54) is 12.1 Å². The molecule has 0 saturated heterocycles. The van der Waals surface area contributed by atoms with Gasteiger partial charge in [0.25, 0.3) is 5.91 Å². The maximum absolute atomic E-state index is 13.4. The van der Waals surface area contributed by atoms with Gasteiger partial charge in [0.2, 0.25) is 0 Å². The van der Waals surface area contributed by atoms with E-state index in [1.54, 1.807) is 24.3 Å². The van der Waals surface area contributed by atoms with Gasteiger partial charge in [0, 0.05) is 5.56 Å². The lowest BCUT2D eigenvalue weighted by molar-refractivity contribution is 0.0944. The van der Waals surface area contributed by atoms with E-state index in [0.29, 0.717) is 5.56 Å². The third-order valence-electron chi connectivity index (χ3n) is 2.72. The zero-order valence-electron chi connectivity index (χ0n) is 10.3. The van der Waals surface area contributed by atoms with Crippen molar-refractivity contribution in [2.75, 3.05) is 0 Å². The summed E-state index contributed by atoms with van der Waals surface area (Å²) >= 11 is 3.02. The second kappa shape index (κ2) is 6.31. The molecule has 1 N–H and O–H groups in total. The van der Waals surface area contributed by atoms with Crippen LogP contribution in [0.25, 0.3) is 0 Å². The van der Waals surface area contributed by atoms with Crippen molar-refractivity contribution in [3.8, 4) is 6.07 Å². The molecule has 1 unspecified atom stereocenters. The summed E-state index contributed by atoms with van der Waals surface area (Å²) < 4.78 is 13.7. The van der Waals surface area contributed by atoms with Gasteiger partial charge < -0.3 is 5.32 Å². The lowest BCUT2D eigenvalue weighted by Crippen LogP contribution is -2.27. The number of halogens is 2. The van der Waals surface area contributed by atoms with E-state index in [0.717, 1.165) is 6.07 Å². The molecule has 2 aromatic rings. The summed E-state index contributed by atoms with van der Waals surface area (Å²) in [4.78, 5) is 12.0. The lowest BCUT2D eigenvalue weighted by atomic mass is 10.1. The van der Waals surface area contributed by atoms with Gasteiger partial charge in [-0.2, -0.15) is 5.26 Å². The van der Waals surface area contributed by atoms with Crippen LogP contribution < -0.4 is 5.32 Å². The van der Waals surface area contributed by atoms with Gasteiger partial charge in [0.1, 0.15) is 11.9 Å². The molecule has 1 atom stereocenters.